The van der Waals surface area contributed by atoms with Crippen LogP contribution in [0.3, 0.4) is 0 Å². The van der Waals surface area contributed by atoms with Crippen LogP contribution in [0.4, 0.5) is 5.69 Å². The summed E-state index contributed by atoms with van der Waals surface area (Å²) in [5, 5.41) is 3.18. The van der Waals surface area contributed by atoms with Crippen LogP contribution in [0.2, 0.25) is 0 Å². The highest BCUT2D eigenvalue weighted by Gasteiger charge is 2.18. The first-order valence-corrected chi connectivity index (χ1v) is 6.27. The van der Waals surface area contributed by atoms with Gasteiger partial charge in [0, 0.05) is 12.2 Å². The van der Waals surface area contributed by atoms with Crippen LogP contribution < -0.4 is 10.2 Å². The molecule has 1 N–H and O–H groups in total. The maximum absolute atomic E-state index is 12.1. The van der Waals surface area contributed by atoms with Crippen LogP contribution in [0.5, 0.6) is 0 Å². The number of aryl methyl sites for hydroxylation is 2. The average molecular weight is 232 g/mol. The topological polar surface area (TPSA) is 32.3 Å². The number of amides is 1. The summed E-state index contributed by atoms with van der Waals surface area (Å²) in [6.07, 6.45) is 2.20. The smallest absolute Gasteiger partial charge is 0.240 e. The molecular formula is C14H20N2O. The molecule has 1 fully saturated rings. The third kappa shape index (κ3) is 2.86. The number of carbonyl (C=O) groups is 1. The molecule has 2 rings (SSSR count). The molecule has 3 heteroatoms. The van der Waals surface area contributed by atoms with Gasteiger partial charge in [-0.1, -0.05) is 17.7 Å². The highest BCUT2D eigenvalue weighted by atomic mass is 16.2. The molecule has 1 aliphatic heterocycles. The van der Waals surface area contributed by atoms with Gasteiger partial charge in [-0.25, -0.2) is 0 Å². The molecule has 0 unspecified atom stereocenters. The fraction of sp³-hybridized carbons (Fsp3) is 0.500. The summed E-state index contributed by atoms with van der Waals surface area (Å²) in [6.45, 7) is 6.39. The van der Waals surface area contributed by atoms with E-state index in [0.29, 0.717) is 6.54 Å². The number of benzene rings is 1. The van der Waals surface area contributed by atoms with Crippen molar-refractivity contribution in [3.05, 3.63) is 29.3 Å². The average Bonchev–Trinajstić information content (AvgIpc) is 2.26. The molecule has 3 nitrogen and oxygen atoms in total. The molecule has 0 spiro atoms. The molecule has 0 aromatic heterocycles. The van der Waals surface area contributed by atoms with Gasteiger partial charge in [-0.15, -0.1) is 0 Å². The Kier molecular flexibility index (Phi) is 3.79. The van der Waals surface area contributed by atoms with E-state index in [4.69, 9.17) is 0 Å². The summed E-state index contributed by atoms with van der Waals surface area (Å²) in [4.78, 5) is 14.0. The molecule has 17 heavy (non-hydrogen) atoms. The standard InChI is InChI=1S/C14H20N2O/c1-11-5-6-13(12(2)9-11)16-8-4-3-7-15-10-14(16)17/h5-6,9,15H,3-4,7-8,10H2,1-2H3. The predicted molar refractivity (Wildman–Crippen MR) is 70.4 cm³/mol. The van der Waals surface area contributed by atoms with Gasteiger partial charge in [0.2, 0.25) is 5.91 Å². The van der Waals surface area contributed by atoms with Gasteiger partial charge in [-0.2, -0.15) is 0 Å². The van der Waals surface area contributed by atoms with Gasteiger partial charge in [0.1, 0.15) is 0 Å². The van der Waals surface area contributed by atoms with E-state index >= 15 is 0 Å². The molecule has 0 radical (unpaired) electrons. The van der Waals surface area contributed by atoms with Gasteiger partial charge in [0.15, 0.2) is 0 Å². The SMILES string of the molecule is Cc1ccc(N2CCCCNCC2=O)c(C)c1. The number of hydrogen-bond donors (Lipinski definition) is 1. The van der Waals surface area contributed by atoms with Gasteiger partial charge < -0.3 is 10.2 Å². The zero-order valence-electron chi connectivity index (χ0n) is 10.6. The van der Waals surface area contributed by atoms with Gasteiger partial charge in [0.05, 0.1) is 6.54 Å². The Labute approximate surface area is 103 Å². The van der Waals surface area contributed by atoms with Crippen molar-refractivity contribution < 1.29 is 4.79 Å². The number of carbonyl (C=O) groups excluding carboxylic acids is 1. The van der Waals surface area contributed by atoms with Crippen LogP contribution in [0.15, 0.2) is 18.2 Å². The lowest BCUT2D eigenvalue weighted by molar-refractivity contribution is -0.118. The molecule has 1 amide bonds. The van der Waals surface area contributed by atoms with Crippen molar-refractivity contribution in [1.82, 2.24) is 5.32 Å². The summed E-state index contributed by atoms with van der Waals surface area (Å²) in [7, 11) is 0. The Morgan fingerprint density at radius 1 is 1.24 bits per heavy atom. The Balaban J connectivity index is 2.25. The predicted octanol–water partition coefficient (Wildman–Crippen LogP) is 2.02. The van der Waals surface area contributed by atoms with Crippen molar-refractivity contribution in [2.24, 2.45) is 0 Å². The Morgan fingerprint density at radius 2 is 2.06 bits per heavy atom. The minimum absolute atomic E-state index is 0.177. The lowest BCUT2D eigenvalue weighted by Gasteiger charge is -2.27. The van der Waals surface area contributed by atoms with Crippen molar-refractivity contribution in [3.63, 3.8) is 0 Å². The Bertz CT molecular complexity index is 415. The molecule has 1 aromatic rings. The van der Waals surface area contributed by atoms with E-state index in [1.807, 2.05) is 4.90 Å². The third-order valence-corrected chi connectivity index (χ3v) is 3.21. The fourth-order valence-corrected chi connectivity index (χ4v) is 2.30. The molecular weight excluding hydrogens is 212 g/mol. The summed E-state index contributed by atoms with van der Waals surface area (Å²) in [5.74, 6) is 0.177. The molecule has 0 saturated carbocycles. The van der Waals surface area contributed by atoms with Crippen LogP contribution >= 0.6 is 0 Å². The second-order valence-electron chi connectivity index (χ2n) is 4.72. The van der Waals surface area contributed by atoms with E-state index in [1.165, 1.54) is 11.1 Å². The van der Waals surface area contributed by atoms with E-state index in [1.54, 1.807) is 0 Å². The molecule has 1 heterocycles. The van der Waals surface area contributed by atoms with E-state index in [2.05, 4.69) is 37.4 Å². The van der Waals surface area contributed by atoms with Gasteiger partial charge >= 0.3 is 0 Å². The molecule has 1 aliphatic rings. The number of anilines is 1. The highest BCUT2D eigenvalue weighted by molar-refractivity contribution is 5.95. The van der Waals surface area contributed by atoms with E-state index < -0.39 is 0 Å². The lowest BCUT2D eigenvalue weighted by atomic mass is 10.1. The summed E-state index contributed by atoms with van der Waals surface area (Å²) < 4.78 is 0. The normalized spacial score (nSPS) is 17.8. The highest BCUT2D eigenvalue weighted by Crippen LogP contribution is 2.22. The molecule has 1 saturated heterocycles. The zero-order chi connectivity index (χ0) is 12.3. The summed E-state index contributed by atoms with van der Waals surface area (Å²) in [6, 6.07) is 6.26. The van der Waals surface area contributed by atoms with Gasteiger partial charge in [0.25, 0.3) is 0 Å². The maximum Gasteiger partial charge on any atom is 0.240 e. The third-order valence-electron chi connectivity index (χ3n) is 3.21. The first-order valence-electron chi connectivity index (χ1n) is 6.27. The van der Waals surface area contributed by atoms with Crippen LogP contribution in [0.1, 0.15) is 24.0 Å². The summed E-state index contributed by atoms with van der Waals surface area (Å²) in [5.41, 5.74) is 3.48. The second kappa shape index (κ2) is 5.32. The first kappa shape index (κ1) is 12.1. The Morgan fingerprint density at radius 3 is 2.82 bits per heavy atom. The number of nitrogens with zero attached hydrogens (tertiary/aromatic N) is 1. The maximum atomic E-state index is 12.1. The Hall–Kier alpha value is -1.35. The van der Waals surface area contributed by atoms with Crippen molar-refractivity contribution in [2.75, 3.05) is 24.5 Å². The molecule has 0 atom stereocenters. The van der Waals surface area contributed by atoms with E-state index in [-0.39, 0.29) is 5.91 Å². The van der Waals surface area contributed by atoms with Gasteiger partial charge in [-0.3, -0.25) is 4.79 Å². The van der Waals surface area contributed by atoms with E-state index in [9.17, 15) is 4.79 Å². The first-order chi connectivity index (χ1) is 8.18. The van der Waals surface area contributed by atoms with Crippen LogP contribution in [0, 0.1) is 13.8 Å². The van der Waals surface area contributed by atoms with Crippen LogP contribution in [-0.2, 0) is 4.79 Å². The van der Waals surface area contributed by atoms with Crippen LogP contribution in [-0.4, -0.2) is 25.5 Å². The monoisotopic (exact) mass is 232 g/mol. The number of nitrogens with one attached hydrogen (secondary N) is 1. The molecule has 92 valence electrons. The van der Waals surface area contributed by atoms with Crippen molar-refractivity contribution in [3.8, 4) is 0 Å². The molecule has 1 aromatic carbocycles. The second-order valence-corrected chi connectivity index (χ2v) is 4.72. The van der Waals surface area contributed by atoms with E-state index in [0.717, 1.165) is 31.6 Å². The molecule has 0 bridgehead atoms. The minimum Gasteiger partial charge on any atom is -0.311 e. The fourth-order valence-electron chi connectivity index (χ4n) is 2.30. The zero-order valence-corrected chi connectivity index (χ0v) is 10.6. The quantitative estimate of drug-likeness (QED) is 0.803. The number of rotatable bonds is 1. The van der Waals surface area contributed by atoms with Crippen molar-refractivity contribution in [2.45, 2.75) is 26.7 Å². The summed E-state index contributed by atoms with van der Waals surface area (Å²) >= 11 is 0. The van der Waals surface area contributed by atoms with Crippen LogP contribution in [0.25, 0.3) is 0 Å². The largest absolute Gasteiger partial charge is 0.311 e. The minimum atomic E-state index is 0.177. The number of hydrogen-bond acceptors (Lipinski definition) is 2. The molecule has 0 aliphatic carbocycles. The van der Waals surface area contributed by atoms with Crippen molar-refractivity contribution >= 4 is 11.6 Å². The van der Waals surface area contributed by atoms with Crippen molar-refractivity contribution in [1.29, 1.82) is 0 Å². The van der Waals surface area contributed by atoms with Gasteiger partial charge in [-0.05, 0) is 44.9 Å². The lowest BCUT2D eigenvalue weighted by Crippen LogP contribution is -2.41.